The monoisotopic (exact) mass is 458 g/mol. The van der Waals surface area contributed by atoms with Crippen LogP contribution in [0.2, 0.25) is 0 Å². The van der Waals surface area contributed by atoms with Gasteiger partial charge in [-0.15, -0.1) is 0 Å². The summed E-state index contributed by atoms with van der Waals surface area (Å²) >= 11 is 0. The number of rotatable bonds is 10. The average molecular weight is 459 g/mol. The van der Waals surface area contributed by atoms with Crippen LogP contribution in [0.25, 0.3) is 0 Å². The summed E-state index contributed by atoms with van der Waals surface area (Å²) in [5.41, 5.74) is 5.19. The number of hydrogen-bond acceptors (Lipinski definition) is 0. The van der Waals surface area contributed by atoms with Gasteiger partial charge < -0.3 is 0 Å². The molecule has 0 fully saturated rings. The van der Waals surface area contributed by atoms with Crippen LogP contribution in [0, 0.1) is 6.92 Å². The van der Waals surface area contributed by atoms with Crippen LogP contribution in [0.15, 0.2) is 60.2 Å². The van der Waals surface area contributed by atoms with Crippen molar-refractivity contribution in [2.45, 2.75) is 140 Å². The Morgan fingerprint density at radius 3 is 1.48 bits per heavy atom. The van der Waals surface area contributed by atoms with Crippen molar-refractivity contribution in [3.63, 3.8) is 0 Å². The van der Waals surface area contributed by atoms with Gasteiger partial charge in [-0.2, -0.15) is 0 Å². The molecule has 0 radical (unpaired) electrons. The highest BCUT2D eigenvalue weighted by Gasteiger charge is 1.90. The zero-order valence-corrected chi connectivity index (χ0v) is 24.8. The van der Waals surface area contributed by atoms with Gasteiger partial charge in [0.1, 0.15) is 0 Å². The highest BCUT2D eigenvalue weighted by atomic mass is 14.0. The Bertz CT molecular complexity index is 522. The molecule has 0 aliphatic carbocycles. The minimum absolute atomic E-state index is 1.09. The first-order valence-electron chi connectivity index (χ1n) is 13.8. The Kier molecular flexibility index (Phi) is 41.1. The Morgan fingerprint density at radius 1 is 0.697 bits per heavy atom. The standard InChI is InChI=1S/C11H16.C9H14.C7H16.C4H10.C2H6/c1-3-4-5-11-8-6-10(2)7-9-11;1-5-9(4)7-6-8(2)3;1-3-5-7-6-4-2;1-3-4-2;1-2/h6-9H,3-5H2,1-2H3;5-7H,2H2,1,3-4H3;3-7H2,1-2H3;3-4H2,1-2H3;1-2H3/b;7-6-,9-5-;;;. The van der Waals surface area contributed by atoms with Crippen LogP contribution in [-0.4, -0.2) is 0 Å². The predicted molar refractivity (Wildman–Crippen MR) is 160 cm³/mol. The smallest absolute Gasteiger partial charge is 0.0279 e. The van der Waals surface area contributed by atoms with Crippen LogP contribution >= 0.6 is 0 Å². The van der Waals surface area contributed by atoms with E-state index >= 15 is 0 Å². The quantitative estimate of drug-likeness (QED) is 0.241. The summed E-state index contributed by atoms with van der Waals surface area (Å²) in [6, 6.07) is 8.83. The molecule has 33 heavy (non-hydrogen) atoms. The molecule has 0 heteroatoms. The fourth-order valence-electron chi connectivity index (χ4n) is 2.18. The third kappa shape index (κ3) is 41.2. The van der Waals surface area contributed by atoms with E-state index in [2.05, 4.69) is 91.5 Å². The molecule has 0 unspecified atom stereocenters. The fraction of sp³-hybridized carbons (Fsp3) is 0.636. The van der Waals surface area contributed by atoms with Gasteiger partial charge in [-0.3, -0.25) is 0 Å². The molecule has 0 amide bonds. The lowest BCUT2D eigenvalue weighted by Gasteiger charge is -1.99. The Balaban J connectivity index is -0.000000174. The summed E-state index contributed by atoms with van der Waals surface area (Å²) in [6.07, 6.45) is 19.6. The summed E-state index contributed by atoms with van der Waals surface area (Å²) in [6.45, 7) is 27.0. The Morgan fingerprint density at radius 2 is 1.15 bits per heavy atom. The van der Waals surface area contributed by atoms with Crippen molar-refractivity contribution in [2.75, 3.05) is 0 Å². The minimum atomic E-state index is 1.09. The highest BCUT2D eigenvalue weighted by Crippen LogP contribution is 2.06. The molecule has 1 aromatic rings. The number of aryl methyl sites for hydroxylation is 2. The maximum atomic E-state index is 3.75. The van der Waals surface area contributed by atoms with Gasteiger partial charge in [-0.1, -0.05) is 166 Å². The first-order chi connectivity index (χ1) is 15.8. The molecular weight excluding hydrogens is 396 g/mol. The van der Waals surface area contributed by atoms with Gasteiger partial charge in [0.05, 0.1) is 0 Å². The number of hydrogen-bond donors (Lipinski definition) is 0. The van der Waals surface area contributed by atoms with Crippen LogP contribution in [0.1, 0.15) is 138 Å². The van der Waals surface area contributed by atoms with Crippen LogP contribution in [0.3, 0.4) is 0 Å². The molecule has 0 saturated carbocycles. The van der Waals surface area contributed by atoms with Gasteiger partial charge in [-0.05, 0) is 46.1 Å². The van der Waals surface area contributed by atoms with E-state index in [1.54, 1.807) is 0 Å². The van der Waals surface area contributed by atoms with E-state index in [4.69, 9.17) is 0 Å². The molecule has 0 saturated heterocycles. The van der Waals surface area contributed by atoms with Crippen molar-refractivity contribution in [1.29, 1.82) is 0 Å². The van der Waals surface area contributed by atoms with E-state index in [1.165, 1.54) is 80.9 Å². The molecule has 0 nitrogen and oxygen atoms in total. The molecule has 1 rings (SSSR count). The minimum Gasteiger partial charge on any atom is -0.0961 e. The summed E-state index contributed by atoms with van der Waals surface area (Å²) in [7, 11) is 0. The zero-order valence-electron chi connectivity index (χ0n) is 24.8. The number of unbranched alkanes of at least 4 members (excludes halogenated alkanes) is 6. The molecule has 0 aliphatic heterocycles. The maximum absolute atomic E-state index is 3.75. The number of allylic oxidation sites excluding steroid dienone is 5. The van der Waals surface area contributed by atoms with Gasteiger partial charge in [0.2, 0.25) is 0 Å². The predicted octanol–water partition coefficient (Wildman–Crippen LogP) is 12.2. The van der Waals surface area contributed by atoms with Crippen LogP contribution in [-0.2, 0) is 6.42 Å². The molecule has 0 bridgehead atoms. The van der Waals surface area contributed by atoms with E-state index < -0.39 is 0 Å². The maximum Gasteiger partial charge on any atom is -0.0279 e. The van der Waals surface area contributed by atoms with Crippen molar-refractivity contribution in [2.24, 2.45) is 0 Å². The first kappa shape index (κ1) is 38.7. The average Bonchev–Trinajstić information content (AvgIpc) is 2.84. The van der Waals surface area contributed by atoms with Gasteiger partial charge >= 0.3 is 0 Å². The highest BCUT2D eigenvalue weighted by molar-refractivity contribution is 5.23. The second kappa shape index (κ2) is 35.0. The van der Waals surface area contributed by atoms with Crippen molar-refractivity contribution >= 4 is 0 Å². The summed E-state index contributed by atoms with van der Waals surface area (Å²) < 4.78 is 0. The van der Waals surface area contributed by atoms with Gasteiger partial charge in [0.25, 0.3) is 0 Å². The lowest BCUT2D eigenvalue weighted by atomic mass is 10.1. The van der Waals surface area contributed by atoms with Gasteiger partial charge in [0, 0.05) is 0 Å². The molecule has 0 aliphatic rings. The second-order valence-corrected chi connectivity index (χ2v) is 8.36. The fourth-order valence-corrected chi connectivity index (χ4v) is 2.18. The normalized spacial score (nSPS) is 9.85. The molecule has 0 spiro atoms. The van der Waals surface area contributed by atoms with E-state index in [0.717, 1.165) is 5.57 Å². The largest absolute Gasteiger partial charge is 0.0961 e. The van der Waals surface area contributed by atoms with E-state index in [0.29, 0.717) is 0 Å². The van der Waals surface area contributed by atoms with Crippen LogP contribution in [0.5, 0.6) is 0 Å². The molecule has 0 heterocycles. The summed E-state index contributed by atoms with van der Waals surface area (Å²) in [5.74, 6) is 0. The lowest BCUT2D eigenvalue weighted by Crippen LogP contribution is -1.83. The van der Waals surface area contributed by atoms with Crippen LogP contribution < -0.4 is 0 Å². The molecular formula is C33H62. The Hall–Kier alpha value is -1.56. The molecule has 0 N–H and O–H groups in total. The summed E-state index contributed by atoms with van der Waals surface area (Å²) in [5, 5.41) is 0. The number of benzene rings is 1. The first-order valence-corrected chi connectivity index (χ1v) is 13.8. The van der Waals surface area contributed by atoms with Crippen molar-refractivity contribution < 1.29 is 0 Å². The Labute approximate surface area is 211 Å². The van der Waals surface area contributed by atoms with Crippen molar-refractivity contribution in [3.05, 3.63) is 71.3 Å². The van der Waals surface area contributed by atoms with Crippen LogP contribution in [0.4, 0.5) is 0 Å². The zero-order chi connectivity index (χ0) is 26.3. The van der Waals surface area contributed by atoms with E-state index in [9.17, 15) is 0 Å². The lowest BCUT2D eigenvalue weighted by molar-refractivity contribution is 0.656. The van der Waals surface area contributed by atoms with Crippen molar-refractivity contribution in [3.8, 4) is 0 Å². The molecule has 0 aromatic heterocycles. The third-order valence-electron chi connectivity index (χ3n) is 4.73. The van der Waals surface area contributed by atoms with E-state index in [1.807, 2.05) is 33.8 Å². The van der Waals surface area contributed by atoms with Gasteiger partial charge in [-0.25, -0.2) is 0 Å². The van der Waals surface area contributed by atoms with Gasteiger partial charge in [0.15, 0.2) is 0 Å². The van der Waals surface area contributed by atoms with Crippen molar-refractivity contribution in [1.82, 2.24) is 0 Å². The third-order valence-corrected chi connectivity index (χ3v) is 4.73. The molecule has 1 aromatic carbocycles. The SMILES string of the molecule is C=C(C)/C=C\C(C)=C/C.CC.CCCC.CCCCCCC.CCCCc1ccc(C)cc1. The van der Waals surface area contributed by atoms with E-state index in [-0.39, 0.29) is 0 Å². The molecule has 194 valence electrons. The topological polar surface area (TPSA) is 0 Å². The molecule has 0 atom stereocenters. The second-order valence-electron chi connectivity index (χ2n) is 8.36. The summed E-state index contributed by atoms with van der Waals surface area (Å²) in [4.78, 5) is 0.